The number of methoxy groups -OCH3 is 1. The number of hydrogen-bond acceptors (Lipinski definition) is 5. The molecule has 2 atom stereocenters. The maximum atomic E-state index is 9.15. The lowest BCUT2D eigenvalue weighted by Crippen LogP contribution is -2.28. The van der Waals surface area contributed by atoms with E-state index in [9.17, 15) is 0 Å². The van der Waals surface area contributed by atoms with Crippen molar-refractivity contribution in [2.75, 3.05) is 7.11 Å². The number of hydrogen-bond donors (Lipinski definition) is 2. The first kappa shape index (κ1) is 14.8. The maximum absolute atomic E-state index is 9.15. The fraction of sp³-hybridized carbons (Fsp3) is 0.333. The third kappa shape index (κ3) is 3.30. The van der Waals surface area contributed by atoms with Crippen LogP contribution in [0.1, 0.15) is 23.5 Å². The van der Waals surface area contributed by atoms with Gasteiger partial charge in [0.1, 0.15) is 6.10 Å². The quantitative estimate of drug-likeness (QED) is 0.859. The molecule has 4 nitrogen and oxygen atoms in total. The molecule has 0 fully saturated rings. The van der Waals surface area contributed by atoms with E-state index in [0.29, 0.717) is 11.5 Å². The predicted molar refractivity (Wildman–Crippen MR) is 80.3 cm³/mol. The molecule has 5 heteroatoms. The lowest BCUT2D eigenvalue weighted by molar-refractivity contribution is 0.176. The van der Waals surface area contributed by atoms with Crippen LogP contribution >= 0.6 is 11.3 Å². The highest BCUT2D eigenvalue weighted by Crippen LogP contribution is 2.34. The summed E-state index contributed by atoms with van der Waals surface area (Å²) in [7, 11) is 1.58. The van der Waals surface area contributed by atoms with E-state index in [1.54, 1.807) is 30.6 Å². The van der Waals surface area contributed by atoms with Gasteiger partial charge in [0.2, 0.25) is 0 Å². The van der Waals surface area contributed by atoms with Gasteiger partial charge in [0.25, 0.3) is 0 Å². The van der Waals surface area contributed by atoms with Crippen LogP contribution in [-0.4, -0.2) is 18.3 Å². The van der Waals surface area contributed by atoms with Gasteiger partial charge >= 0.3 is 0 Å². The molecule has 1 aromatic heterocycles. The zero-order chi connectivity index (χ0) is 14.5. The van der Waals surface area contributed by atoms with Gasteiger partial charge in [-0.05, 0) is 36.1 Å². The normalized spacial score (nSPS) is 13.8. The molecule has 108 valence electrons. The summed E-state index contributed by atoms with van der Waals surface area (Å²) in [6, 6.07) is 9.22. The Labute approximate surface area is 122 Å². The molecule has 3 N–H and O–H groups in total. The summed E-state index contributed by atoms with van der Waals surface area (Å²) in [6.45, 7) is 1.89. The van der Waals surface area contributed by atoms with Crippen LogP contribution in [0.25, 0.3) is 0 Å². The summed E-state index contributed by atoms with van der Waals surface area (Å²) in [6.07, 6.45) is -0.219. The summed E-state index contributed by atoms with van der Waals surface area (Å²) in [5.41, 5.74) is 6.80. The molecule has 0 aliphatic heterocycles. The van der Waals surface area contributed by atoms with Crippen LogP contribution in [0.3, 0.4) is 0 Å². The Morgan fingerprint density at radius 1 is 1.30 bits per heavy atom. The largest absolute Gasteiger partial charge is 0.493 e. The highest BCUT2D eigenvalue weighted by Gasteiger charge is 2.21. The second kappa shape index (κ2) is 6.74. The number of aliphatic hydroxyl groups is 1. The standard InChI is InChI=1S/C15H19NO3S/c1-10(16)15(14-4-3-7-20-14)19-12-6-5-11(9-17)8-13(12)18-2/h3-8,10,15,17H,9,16H2,1-2H3. The number of nitrogens with two attached hydrogens (primary N) is 1. The molecular weight excluding hydrogens is 274 g/mol. The van der Waals surface area contributed by atoms with E-state index in [1.165, 1.54) is 0 Å². The van der Waals surface area contributed by atoms with Gasteiger partial charge in [-0.2, -0.15) is 0 Å². The first-order valence-corrected chi connectivity index (χ1v) is 7.27. The van der Waals surface area contributed by atoms with Crippen LogP contribution in [0.2, 0.25) is 0 Å². The van der Waals surface area contributed by atoms with Crippen molar-refractivity contribution in [1.82, 2.24) is 0 Å². The summed E-state index contributed by atoms with van der Waals surface area (Å²) < 4.78 is 11.3. The van der Waals surface area contributed by atoms with Gasteiger partial charge in [0.15, 0.2) is 11.5 Å². The molecule has 2 rings (SSSR count). The Balaban J connectivity index is 2.27. The van der Waals surface area contributed by atoms with E-state index in [2.05, 4.69) is 0 Å². The smallest absolute Gasteiger partial charge is 0.162 e. The Hall–Kier alpha value is -1.56. The van der Waals surface area contributed by atoms with Gasteiger partial charge in [-0.1, -0.05) is 12.1 Å². The van der Waals surface area contributed by atoms with Crippen molar-refractivity contribution < 1.29 is 14.6 Å². The van der Waals surface area contributed by atoms with E-state index in [1.807, 2.05) is 30.5 Å². The van der Waals surface area contributed by atoms with Crippen LogP contribution in [0.15, 0.2) is 35.7 Å². The molecule has 1 aromatic carbocycles. The average molecular weight is 293 g/mol. The van der Waals surface area contributed by atoms with Crippen LogP contribution in [-0.2, 0) is 6.61 Å². The van der Waals surface area contributed by atoms with Gasteiger partial charge in [0, 0.05) is 10.9 Å². The second-order valence-electron chi connectivity index (χ2n) is 4.56. The van der Waals surface area contributed by atoms with Crippen molar-refractivity contribution in [3.05, 3.63) is 46.2 Å². The summed E-state index contributed by atoms with van der Waals surface area (Å²) in [5, 5.41) is 11.2. The molecule has 0 radical (unpaired) electrons. The highest BCUT2D eigenvalue weighted by atomic mass is 32.1. The van der Waals surface area contributed by atoms with Crippen molar-refractivity contribution >= 4 is 11.3 Å². The number of thiophene rings is 1. The summed E-state index contributed by atoms with van der Waals surface area (Å²) in [5.74, 6) is 1.22. The molecule has 0 amide bonds. The number of ether oxygens (including phenoxy) is 2. The molecule has 1 heterocycles. The van der Waals surface area contributed by atoms with Gasteiger partial charge in [0.05, 0.1) is 13.7 Å². The molecule has 0 saturated heterocycles. The molecule has 2 aromatic rings. The van der Waals surface area contributed by atoms with Crippen LogP contribution in [0.5, 0.6) is 11.5 Å². The van der Waals surface area contributed by atoms with E-state index >= 15 is 0 Å². The highest BCUT2D eigenvalue weighted by molar-refractivity contribution is 7.10. The minimum absolute atomic E-state index is 0.0295. The fourth-order valence-corrected chi connectivity index (χ4v) is 2.79. The van der Waals surface area contributed by atoms with Crippen LogP contribution in [0.4, 0.5) is 0 Å². The lowest BCUT2D eigenvalue weighted by Gasteiger charge is -2.22. The van der Waals surface area contributed by atoms with Crippen molar-refractivity contribution in [3.8, 4) is 11.5 Å². The van der Waals surface area contributed by atoms with Gasteiger partial charge in [-0.3, -0.25) is 0 Å². The molecule has 0 saturated carbocycles. The zero-order valence-electron chi connectivity index (χ0n) is 11.6. The molecule has 0 aliphatic rings. The predicted octanol–water partition coefficient (Wildman–Crippen LogP) is 2.72. The van der Waals surface area contributed by atoms with Gasteiger partial charge in [-0.15, -0.1) is 11.3 Å². The SMILES string of the molecule is COc1cc(CO)ccc1OC(c1cccs1)C(C)N. The lowest BCUT2D eigenvalue weighted by atomic mass is 10.1. The minimum Gasteiger partial charge on any atom is -0.493 e. The van der Waals surface area contributed by atoms with Gasteiger partial charge < -0.3 is 20.3 Å². The first-order valence-electron chi connectivity index (χ1n) is 6.39. The minimum atomic E-state index is -0.219. The second-order valence-corrected chi connectivity index (χ2v) is 5.54. The monoisotopic (exact) mass is 293 g/mol. The molecule has 0 aliphatic carbocycles. The zero-order valence-corrected chi connectivity index (χ0v) is 12.4. The maximum Gasteiger partial charge on any atom is 0.162 e. The Morgan fingerprint density at radius 3 is 2.65 bits per heavy atom. The first-order chi connectivity index (χ1) is 9.65. The Bertz CT molecular complexity index is 540. The molecule has 20 heavy (non-hydrogen) atoms. The Morgan fingerprint density at radius 2 is 2.10 bits per heavy atom. The van der Waals surface area contributed by atoms with Crippen LogP contribution < -0.4 is 15.2 Å². The Kier molecular flexibility index (Phi) is 5.00. The van der Waals surface area contributed by atoms with Crippen molar-refractivity contribution in [1.29, 1.82) is 0 Å². The molecule has 2 unspecified atom stereocenters. The molecular formula is C15H19NO3S. The van der Waals surface area contributed by atoms with E-state index < -0.39 is 0 Å². The van der Waals surface area contributed by atoms with Crippen molar-refractivity contribution in [2.24, 2.45) is 5.73 Å². The van der Waals surface area contributed by atoms with Crippen molar-refractivity contribution in [3.63, 3.8) is 0 Å². The topological polar surface area (TPSA) is 64.7 Å². The van der Waals surface area contributed by atoms with E-state index in [0.717, 1.165) is 10.4 Å². The number of benzene rings is 1. The van der Waals surface area contributed by atoms with E-state index in [-0.39, 0.29) is 18.8 Å². The molecule has 0 spiro atoms. The van der Waals surface area contributed by atoms with Crippen LogP contribution in [0, 0.1) is 0 Å². The number of aliphatic hydroxyl groups excluding tert-OH is 1. The van der Waals surface area contributed by atoms with Gasteiger partial charge in [-0.25, -0.2) is 0 Å². The average Bonchev–Trinajstić information content (AvgIpc) is 2.98. The summed E-state index contributed by atoms with van der Waals surface area (Å²) >= 11 is 1.61. The third-order valence-electron chi connectivity index (χ3n) is 2.97. The summed E-state index contributed by atoms with van der Waals surface area (Å²) in [4.78, 5) is 1.08. The number of rotatable bonds is 6. The third-order valence-corrected chi connectivity index (χ3v) is 3.90. The van der Waals surface area contributed by atoms with E-state index in [4.69, 9.17) is 20.3 Å². The molecule has 0 bridgehead atoms. The van der Waals surface area contributed by atoms with Crippen molar-refractivity contribution in [2.45, 2.75) is 25.7 Å². The fourth-order valence-electron chi connectivity index (χ4n) is 1.92.